The molecular weight excluding hydrogens is 248 g/mol. The van der Waals surface area contributed by atoms with E-state index in [0.29, 0.717) is 0 Å². The van der Waals surface area contributed by atoms with E-state index in [4.69, 9.17) is 5.84 Å². The molecule has 1 heterocycles. The maximum Gasteiger partial charge on any atom is 0.0521 e. The number of aromatic nitrogens is 2. The summed E-state index contributed by atoms with van der Waals surface area (Å²) in [4.78, 5) is 0. The lowest BCUT2D eigenvalue weighted by molar-refractivity contribution is 0.491. The molecule has 0 radical (unpaired) electrons. The summed E-state index contributed by atoms with van der Waals surface area (Å²) in [6, 6.07) is 6.91. The number of nitrogens with zero attached hydrogens (tertiary/aromatic N) is 2. The lowest BCUT2D eigenvalue weighted by Gasteiger charge is -2.16. The molecule has 0 aliphatic carbocycles. The van der Waals surface area contributed by atoms with Gasteiger partial charge < -0.3 is 0 Å². The van der Waals surface area contributed by atoms with Gasteiger partial charge in [0.1, 0.15) is 0 Å². The summed E-state index contributed by atoms with van der Waals surface area (Å²) >= 11 is 0. The van der Waals surface area contributed by atoms with Crippen molar-refractivity contribution in [2.24, 2.45) is 12.9 Å². The maximum atomic E-state index is 5.69. The van der Waals surface area contributed by atoms with Crippen LogP contribution in [-0.4, -0.2) is 15.8 Å². The Labute approximate surface area is 121 Å². The van der Waals surface area contributed by atoms with E-state index in [2.05, 4.69) is 48.8 Å². The molecule has 0 saturated heterocycles. The Bertz CT molecular complexity index is 559. The van der Waals surface area contributed by atoms with Gasteiger partial charge in [-0.2, -0.15) is 5.10 Å². The molecule has 4 heteroatoms. The zero-order chi connectivity index (χ0) is 14.5. The van der Waals surface area contributed by atoms with Gasteiger partial charge in [-0.3, -0.25) is 16.0 Å². The minimum atomic E-state index is 0.289. The van der Waals surface area contributed by atoms with Gasteiger partial charge >= 0.3 is 0 Å². The molecule has 108 valence electrons. The zero-order valence-corrected chi connectivity index (χ0v) is 12.6. The quantitative estimate of drug-likeness (QED) is 0.625. The smallest absolute Gasteiger partial charge is 0.0521 e. The minimum absolute atomic E-state index is 0.289. The molecule has 0 amide bonds. The number of nitrogens with one attached hydrogen (secondary N) is 1. The molecule has 2 rings (SSSR count). The predicted octanol–water partition coefficient (Wildman–Crippen LogP) is 2.04. The number of hydrogen-bond donors (Lipinski definition) is 2. The molecule has 0 aliphatic rings. The first kappa shape index (κ1) is 14.8. The van der Waals surface area contributed by atoms with Crippen LogP contribution in [0.15, 0.2) is 30.6 Å². The Balaban J connectivity index is 1.92. The third kappa shape index (κ3) is 3.92. The number of aryl methyl sites for hydroxylation is 4. The second kappa shape index (κ2) is 6.68. The predicted molar refractivity (Wildman–Crippen MR) is 82.3 cm³/mol. The Kier molecular flexibility index (Phi) is 4.93. The van der Waals surface area contributed by atoms with Gasteiger partial charge in [0.2, 0.25) is 0 Å². The molecule has 1 aromatic carbocycles. The van der Waals surface area contributed by atoms with Crippen LogP contribution in [0.5, 0.6) is 0 Å². The Hall–Kier alpha value is -1.65. The number of benzene rings is 1. The molecule has 1 unspecified atom stereocenters. The largest absolute Gasteiger partial charge is 0.276 e. The summed E-state index contributed by atoms with van der Waals surface area (Å²) in [5, 5.41) is 4.19. The van der Waals surface area contributed by atoms with Crippen molar-refractivity contribution in [3.8, 4) is 0 Å². The van der Waals surface area contributed by atoms with E-state index < -0.39 is 0 Å². The van der Waals surface area contributed by atoms with Gasteiger partial charge in [0.15, 0.2) is 0 Å². The number of hydrogen-bond acceptors (Lipinski definition) is 3. The average molecular weight is 272 g/mol. The van der Waals surface area contributed by atoms with Crippen LogP contribution < -0.4 is 11.3 Å². The van der Waals surface area contributed by atoms with Crippen molar-refractivity contribution in [1.82, 2.24) is 15.2 Å². The number of hydrazine groups is 1. The molecule has 2 aromatic rings. The SMILES string of the molecule is Cc1ccc(CC(CCc2cnn(C)c2)NN)cc1C. The second-order valence-corrected chi connectivity index (χ2v) is 5.55. The summed E-state index contributed by atoms with van der Waals surface area (Å²) in [5.41, 5.74) is 8.20. The number of rotatable bonds is 6. The molecular formula is C16H24N4. The molecule has 20 heavy (non-hydrogen) atoms. The van der Waals surface area contributed by atoms with Crippen molar-refractivity contribution >= 4 is 0 Å². The van der Waals surface area contributed by atoms with E-state index in [9.17, 15) is 0 Å². The van der Waals surface area contributed by atoms with Crippen molar-refractivity contribution in [2.75, 3.05) is 0 Å². The first-order valence-corrected chi connectivity index (χ1v) is 7.08. The lowest BCUT2D eigenvalue weighted by atomic mass is 9.98. The summed E-state index contributed by atoms with van der Waals surface area (Å²) in [6.45, 7) is 4.29. The monoisotopic (exact) mass is 272 g/mol. The van der Waals surface area contributed by atoms with Crippen LogP contribution in [0.3, 0.4) is 0 Å². The van der Waals surface area contributed by atoms with Gasteiger partial charge in [0, 0.05) is 19.3 Å². The summed E-state index contributed by atoms with van der Waals surface area (Å²) in [7, 11) is 1.94. The Morgan fingerprint density at radius 3 is 2.65 bits per heavy atom. The Morgan fingerprint density at radius 2 is 2.05 bits per heavy atom. The van der Waals surface area contributed by atoms with Crippen molar-refractivity contribution in [3.63, 3.8) is 0 Å². The van der Waals surface area contributed by atoms with Crippen LogP contribution in [-0.2, 0) is 19.9 Å². The molecule has 0 bridgehead atoms. The van der Waals surface area contributed by atoms with E-state index in [-0.39, 0.29) is 6.04 Å². The topological polar surface area (TPSA) is 55.9 Å². The first-order chi connectivity index (χ1) is 9.58. The summed E-state index contributed by atoms with van der Waals surface area (Å²) in [6.07, 6.45) is 6.94. The summed E-state index contributed by atoms with van der Waals surface area (Å²) < 4.78 is 1.84. The maximum absolute atomic E-state index is 5.69. The van der Waals surface area contributed by atoms with Gasteiger partial charge in [-0.1, -0.05) is 18.2 Å². The minimum Gasteiger partial charge on any atom is -0.276 e. The lowest BCUT2D eigenvalue weighted by Crippen LogP contribution is -2.37. The third-order valence-corrected chi connectivity index (χ3v) is 3.83. The Morgan fingerprint density at radius 1 is 1.25 bits per heavy atom. The normalized spacial score (nSPS) is 12.6. The molecule has 0 saturated carbocycles. The molecule has 0 aliphatic heterocycles. The molecule has 4 nitrogen and oxygen atoms in total. The van der Waals surface area contributed by atoms with Crippen molar-refractivity contribution in [2.45, 2.75) is 39.2 Å². The highest BCUT2D eigenvalue weighted by atomic mass is 15.2. The molecule has 0 spiro atoms. The van der Waals surface area contributed by atoms with E-state index >= 15 is 0 Å². The highest BCUT2D eigenvalue weighted by Gasteiger charge is 2.09. The molecule has 3 N–H and O–H groups in total. The van der Waals surface area contributed by atoms with Crippen molar-refractivity contribution in [3.05, 3.63) is 52.8 Å². The standard InChI is InChI=1S/C16H24N4/c1-12-4-5-14(8-13(12)2)9-16(19-17)7-6-15-10-18-20(3)11-15/h4-5,8,10-11,16,19H,6-7,9,17H2,1-3H3. The van der Waals surface area contributed by atoms with E-state index in [1.165, 1.54) is 22.3 Å². The van der Waals surface area contributed by atoms with Gasteiger partial charge in [-0.05, 0) is 55.4 Å². The fourth-order valence-corrected chi connectivity index (χ4v) is 2.40. The van der Waals surface area contributed by atoms with Crippen molar-refractivity contribution < 1.29 is 0 Å². The fraction of sp³-hybridized carbons (Fsp3) is 0.438. The van der Waals surface area contributed by atoms with Crippen molar-refractivity contribution in [1.29, 1.82) is 0 Å². The van der Waals surface area contributed by atoms with E-state index in [1.807, 2.05) is 17.9 Å². The molecule has 1 aromatic heterocycles. The van der Waals surface area contributed by atoms with Gasteiger partial charge in [-0.25, -0.2) is 0 Å². The van der Waals surface area contributed by atoms with Gasteiger partial charge in [0.25, 0.3) is 0 Å². The van der Waals surface area contributed by atoms with Crippen LogP contribution in [0, 0.1) is 13.8 Å². The zero-order valence-electron chi connectivity index (χ0n) is 12.6. The third-order valence-electron chi connectivity index (χ3n) is 3.83. The summed E-state index contributed by atoms with van der Waals surface area (Å²) in [5.74, 6) is 5.69. The highest BCUT2D eigenvalue weighted by molar-refractivity contribution is 5.30. The van der Waals surface area contributed by atoms with Gasteiger partial charge in [-0.15, -0.1) is 0 Å². The van der Waals surface area contributed by atoms with E-state index in [1.54, 1.807) is 0 Å². The van der Waals surface area contributed by atoms with Crippen LogP contribution in [0.2, 0.25) is 0 Å². The van der Waals surface area contributed by atoms with Gasteiger partial charge in [0.05, 0.1) is 6.20 Å². The van der Waals surface area contributed by atoms with E-state index in [0.717, 1.165) is 19.3 Å². The van der Waals surface area contributed by atoms with Crippen LogP contribution in [0.1, 0.15) is 28.7 Å². The van der Waals surface area contributed by atoms with Crippen LogP contribution in [0.4, 0.5) is 0 Å². The fourth-order valence-electron chi connectivity index (χ4n) is 2.40. The molecule has 0 fully saturated rings. The average Bonchev–Trinajstić information content (AvgIpc) is 2.84. The highest BCUT2D eigenvalue weighted by Crippen LogP contribution is 2.13. The first-order valence-electron chi connectivity index (χ1n) is 7.08. The molecule has 1 atom stereocenters. The second-order valence-electron chi connectivity index (χ2n) is 5.55. The van der Waals surface area contributed by atoms with Crippen LogP contribution >= 0.6 is 0 Å². The number of nitrogens with two attached hydrogens (primary N) is 1. The van der Waals surface area contributed by atoms with Crippen LogP contribution in [0.25, 0.3) is 0 Å².